The molecule has 5 rings (SSSR count). The Hall–Kier alpha value is -3.04. The van der Waals surface area contributed by atoms with Crippen LogP contribution in [0, 0.1) is 6.92 Å². The summed E-state index contributed by atoms with van der Waals surface area (Å²) in [5.41, 5.74) is 8.30. The van der Waals surface area contributed by atoms with Gasteiger partial charge >= 0.3 is 0 Å². The number of fused-ring (bicyclic) bond motifs is 2. The molecule has 2 aliphatic rings. The maximum Gasteiger partial charge on any atom is 0.132 e. The molecule has 2 aliphatic heterocycles. The van der Waals surface area contributed by atoms with Crippen molar-refractivity contribution in [3.05, 3.63) is 100 Å². The molecule has 2 heterocycles. The van der Waals surface area contributed by atoms with Crippen LogP contribution >= 0.6 is 0 Å². The SMILES string of the molecule is Cc1ccc(CCCC(C)c2cc(O)c3c(c2)OC(C)(C)C2=C3CN(Cc3ccccc3)CC2)cc1. The van der Waals surface area contributed by atoms with Gasteiger partial charge in [-0.1, -0.05) is 67.1 Å². The summed E-state index contributed by atoms with van der Waals surface area (Å²) in [7, 11) is 0. The van der Waals surface area contributed by atoms with Gasteiger partial charge in [0.25, 0.3) is 0 Å². The molecule has 0 bridgehead atoms. The molecule has 36 heavy (non-hydrogen) atoms. The van der Waals surface area contributed by atoms with Crippen LogP contribution in [0.25, 0.3) is 5.57 Å². The van der Waals surface area contributed by atoms with E-state index >= 15 is 0 Å². The Morgan fingerprint density at radius 3 is 2.50 bits per heavy atom. The summed E-state index contributed by atoms with van der Waals surface area (Å²) >= 11 is 0. The van der Waals surface area contributed by atoms with Crippen LogP contribution in [0.2, 0.25) is 0 Å². The summed E-state index contributed by atoms with van der Waals surface area (Å²) in [5.74, 6) is 1.55. The predicted octanol–water partition coefficient (Wildman–Crippen LogP) is 7.66. The second-order valence-corrected chi connectivity index (χ2v) is 11.2. The summed E-state index contributed by atoms with van der Waals surface area (Å²) in [6.07, 6.45) is 4.25. The fourth-order valence-corrected chi connectivity index (χ4v) is 5.85. The normalized spacial score (nSPS) is 17.8. The lowest BCUT2D eigenvalue weighted by atomic mass is 9.80. The van der Waals surface area contributed by atoms with Crippen LogP contribution in [-0.4, -0.2) is 28.7 Å². The molecule has 1 N–H and O–H groups in total. The first-order valence-corrected chi connectivity index (χ1v) is 13.4. The Kier molecular flexibility index (Phi) is 6.94. The first-order chi connectivity index (χ1) is 17.3. The molecule has 0 aliphatic carbocycles. The van der Waals surface area contributed by atoms with Crippen LogP contribution < -0.4 is 4.74 Å². The minimum atomic E-state index is -0.360. The second kappa shape index (κ2) is 10.1. The van der Waals surface area contributed by atoms with E-state index < -0.39 is 0 Å². The zero-order valence-electron chi connectivity index (χ0n) is 22.2. The smallest absolute Gasteiger partial charge is 0.132 e. The molecule has 0 spiro atoms. The van der Waals surface area contributed by atoms with Crippen molar-refractivity contribution in [1.29, 1.82) is 0 Å². The van der Waals surface area contributed by atoms with E-state index in [1.807, 2.05) is 6.07 Å². The molecule has 3 nitrogen and oxygen atoms in total. The van der Waals surface area contributed by atoms with Crippen LogP contribution in [0.3, 0.4) is 0 Å². The number of hydrogen-bond donors (Lipinski definition) is 1. The first-order valence-electron chi connectivity index (χ1n) is 13.4. The van der Waals surface area contributed by atoms with E-state index in [1.54, 1.807) is 0 Å². The van der Waals surface area contributed by atoms with Crippen molar-refractivity contribution >= 4 is 5.57 Å². The Morgan fingerprint density at radius 1 is 1.00 bits per heavy atom. The van der Waals surface area contributed by atoms with Gasteiger partial charge in [0.05, 0.1) is 5.56 Å². The van der Waals surface area contributed by atoms with Crippen molar-refractivity contribution in [2.24, 2.45) is 0 Å². The third-order valence-electron chi connectivity index (χ3n) is 7.96. The Labute approximate surface area is 216 Å². The zero-order valence-corrected chi connectivity index (χ0v) is 22.2. The lowest BCUT2D eigenvalue weighted by molar-refractivity contribution is 0.129. The van der Waals surface area contributed by atoms with Gasteiger partial charge in [-0.15, -0.1) is 0 Å². The van der Waals surface area contributed by atoms with E-state index in [0.717, 1.165) is 62.2 Å². The first kappa shape index (κ1) is 24.6. The number of phenols is 1. The highest BCUT2D eigenvalue weighted by Gasteiger charge is 2.39. The molecule has 0 saturated heterocycles. The van der Waals surface area contributed by atoms with Crippen molar-refractivity contribution in [1.82, 2.24) is 4.90 Å². The van der Waals surface area contributed by atoms with Crippen molar-refractivity contribution in [3.63, 3.8) is 0 Å². The van der Waals surface area contributed by atoms with Crippen LogP contribution in [0.1, 0.15) is 73.8 Å². The van der Waals surface area contributed by atoms with Gasteiger partial charge in [0.15, 0.2) is 0 Å². The van der Waals surface area contributed by atoms with Gasteiger partial charge in [-0.05, 0) is 92.3 Å². The molecule has 3 aromatic carbocycles. The third kappa shape index (κ3) is 5.22. The van der Waals surface area contributed by atoms with Crippen molar-refractivity contribution < 1.29 is 9.84 Å². The number of ether oxygens (including phenoxy) is 1. The number of hydrogen-bond acceptors (Lipinski definition) is 3. The van der Waals surface area contributed by atoms with Gasteiger partial charge in [-0.25, -0.2) is 0 Å². The highest BCUT2D eigenvalue weighted by molar-refractivity contribution is 5.82. The van der Waals surface area contributed by atoms with Gasteiger partial charge in [-0.3, -0.25) is 4.90 Å². The van der Waals surface area contributed by atoms with Crippen molar-refractivity contribution in [3.8, 4) is 11.5 Å². The molecular weight excluding hydrogens is 442 g/mol. The number of benzene rings is 3. The molecule has 0 radical (unpaired) electrons. The standard InChI is InChI=1S/C33H39NO2/c1-23-13-15-25(16-14-23)12-8-9-24(2)27-19-30(35)32-28-22-34(21-26-10-6-5-7-11-26)18-17-29(28)33(3,4)36-31(32)20-27/h5-7,10-11,13-16,19-20,24,35H,8-9,12,17-18,21-22H2,1-4H3. The molecule has 3 heteroatoms. The van der Waals surface area contributed by atoms with Gasteiger partial charge < -0.3 is 9.84 Å². The van der Waals surface area contributed by atoms with E-state index in [9.17, 15) is 5.11 Å². The van der Waals surface area contributed by atoms with Gasteiger partial charge in [-0.2, -0.15) is 0 Å². The van der Waals surface area contributed by atoms with E-state index in [1.165, 1.54) is 27.8 Å². The van der Waals surface area contributed by atoms with Gasteiger partial charge in [0, 0.05) is 19.6 Å². The molecule has 0 aromatic heterocycles. The average Bonchev–Trinajstić information content (AvgIpc) is 2.85. The topological polar surface area (TPSA) is 32.7 Å². The monoisotopic (exact) mass is 481 g/mol. The summed E-state index contributed by atoms with van der Waals surface area (Å²) < 4.78 is 6.56. The number of rotatable bonds is 7. The van der Waals surface area contributed by atoms with E-state index in [4.69, 9.17) is 4.74 Å². The minimum Gasteiger partial charge on any atom is -0.507 e. The van der Waals surface area contributed by atoms with Crippen LogP contribution in [0.15, 0.2) is 72.3 Å². The molecule has 1 atom stereocenters. The summed E-state index contributed by atoms with van der Waals surface area (Å²) in [6.45, 7) is 11.5. The molecule has 0 fully saturated rings. The fourth-order valence-electron chi connectivity index (χ4n) is 5.85. The van der Waals surface area contributed by atoms with Gasteiger partial charge in [0.2, 0.25) is 0 Å². The van der Waals surface area contributed by atoms with Gasteiger partial charge in [0.1, 0.15) is 17.1 Å². The molecule has 0 amide bonds. The third-order valence-corrected chi connectivity index (χ3v) is 7.96. The number of aryl methyl sites for hydroxylation is 2. The Balaban J connectivity index is 1.34. The van der Waals surface area contributed by atoms with Crippen molar-refractivity contribution in [2.75, 3.05) is 13.1 Å². The Bertz CT molecular complexity index is 1240. The second-order valence-electron chi connectivity index (χ2n) is 11.2. The minimum absolute atomic E-state index is 0.356. The highest BCUT2D eigenvalue weighted by atomic mass is 16.5. The van der Waals surface area contributed by atoms with Crippen LogP contribution in [-0.2, 0) is 13.0 Å². The van der Waals surface area contributed by atoms with E-state index in [-0.39, 0.29) is 5.60 Å². The van der Waals surface area contributed by atoms with Crippen molar-refractivity contribution in [2.45, 2.75) is 71.4 Å². The molecule has 1 unspecified atom stereocenters. The van der Waals surface area contributed by atoms with E-state index in [0.29, 0.717) is 11.7 Å². The number of nitrogens with zero attached hydrogens (tertiary/aromatic N) is 1. The molecule has 3 aromatic rings. The maximum atomic E-state index is 11.3. The van der Waals surface area contributed by atoms with E-state index in [2.05, 4.69) is 93.3 Å². The predicted molar refractivity (Wildman–Crippen MR) is 149 cm³/mol. The fraction of sp³-hybridized carbons (Fsp3) is 0.394. The Morgan fingerprint density at radius 2 is 1.75 bits per heavy atom. The maximum absolute atomic E-state index is 11.3. The largest absolute Gasteiger partial charge is 0.507 e. The lowest BCUT2D eigenvalue weighted by Crippen LogP contribution is -2.42. The zero-order chi connectivity index (χ0) is 25.3. The summed E-state index contributed by atoms with van der Waals surface area (Å²) in [5, 5.41) is 11.3. The molecular formula is C33H39NO2. The molecule has 188 valence electrons. The number of phenolic OH excluding ortho intramolecular Hbond substituents is 1. The summed E-state index contributed by atoms with van der Waals surface area (Å²) in [4.78, 5) is 2.49. The lowest BCUT2D eigenvalue weighted by Gasteiger charge is -2.42. The summed E-state index contributed by atoms with van der Waals surface area (Å²) in [6, 6.07) is 23.7. The average molecular weight is 482 g/mol. The highest BCUT2D eigenvalue weighted by Crippen LogP contribution is 2.49. The van der Waals surface area contributed by atoms with Crippen LogP contribution in [0.4, 0.5) is 0 Å². The van der Waals surface area contributed by atoms with Crippen LogP contribution in [0.5, 0.6) is 11.5 Å². The quantitative estimate of drug-likeness (QED) is 0.376. The number of aromatic hydroxyl groups is 1. The molecule has 0 saturated carbocycles.